The summed E-state index contributed by atoms with van der Waals surface area (Å²) in [5, 5.41) is 3.51. The molecular weight excluding hydrogens is 218 g/mol. The lowest BCUT2D eigenvalue weighted by Crippen LogP contribution is -2.36. The van der Waals surface area contributed by atoms with Crippen LogP contribution < -0.4 is 5.32 Å². The number of hydrogen-bond acceptors (Lipinski definition) is 2. The van der Waals surface area contributed by atoms with Gasteiger partial charge in [0, 0.05) is 28.3 Å². The number of nitrogens with one attached hydrogen (secondary N) is 1. The van der Waals surface area contributed by atoms with Gasteiger partial charge in [0.05, 0.1) is 0 Å². The van der Waals surface area contributed by atoms with Crippen molar-refractivity contribution in [1.82, 2.24) is 5.32 Å². The summed E-state index contributed by atoms with van der Waals surface area (Å²) in [5.74, 6) is 3.46. The van der Waals surface area contributed by atoms with Crippen LogP contribution in [0.4, 0.5) is 0 Å². The zero-order valence-corrected chi connectivity index (χ0v) is 11.2. The van der Waals surface area contributed by atoms with Gasteiger partial charge in [0.1, 0.15) is 0 Å². The Morgan fingerprint density at radius 3 is 2.50 bits per heavy atom. The van der Waals surface area contributed by atoms with Gasteiger partial charge in [0.15, 0.2) is 0 Å². The SMILES string of the molecule is CCNC(CS(=O)CC1CCCC1)C1CC1. The molecule has 2 saturated carbocycles. The molecule has 94 valence electrons. The van der Waals surface area contributed by atoms with Gasteiger partial charge >= 0.3 is 0 Å². The van der Waals surface area contributed by atoms with Crippen LogP contribution in [-0.4, -0.2) is 28.3 Å². The van der Waals surface area contributed by atoms with Crippen LogP contribution in [0.3, 0.4) is 0 Å². The standard InChI is InChI=1S/C13H25NOS/c1-2-14-13(12-7-8-12)10-16(15)9-11-5-3-4-6-11/h11-14H,2-10H2,1H3. The first-order valence-electron chi connectivity index (χ1n) is 6.88. The van der Waals surface area contributed by atoms with E-state index in [-0.39, 0.29) is 0 Å². The lowest BCUT2D eigenvalue weighted by molar-refractivity contribution is 0.511. The highest BCUT2D eigenvalue weighted by atomic mass is 32.2. The molecule has 0 amide bonds. The Morgan fingerprint density at radius 1 is 1.25 bits per heavy atom. The number of rotatable bonds is 7. The van der Waals surface area contributed by atoms with Gasteiger partial charge in [-0.1, -0.05) is 19.8 Å². The molecule has 0 saturated heterocycles. The molecule has 2 aliphatic rings. The van der Waals surface area contributed by atoms with Crippen LogP contribution in [-0.2, 0) is 10.8 Å². The molecule has 0 radical (unpaired) electrons. The van der Waals surface area contributed by atoms with Gasteiger partial charge < -0.3 is 5.32 Å². The highest BCUT2D eigenvalue weighted by Gasteiger charge is 2.32. The molecular formula is C13H25NOS. The monoisotopic (exact) mass is 243 g/mol. The molecule has 2 rings (SSSR count). The molecule has 16 heavy (non-hydrogen) atoms. The van der Waals surface area contributed by atoms with Crippen molar-refractivity contribution in [1.29, 1.82) is 0 Å². The quantitative estimate of drug-likeness (QED) is 0.743. The summed E-state index contributed by atoms with van der Waals surface area (Å²) in [7, 11) is -0.584. The van der Waals surface area contributed by atoms with Gasteiger partial charge in [-0.25, -0.2) is 0 Å². The lowest BCUT2D eigenvalue weighted by Gasteiger charge is -2.17. The van der Waals surface area contributed by atoms with Crippen LogP contribution in [0.1, 0.15) is 45.4 Å². The van der Waals surface area contributed by atoms with Crippen molar-refractivity contribution >= 4 is 10.8 Å². The zero-order valence-electron chi connectivity index (χ0n) is 10.4. The molecule has 2 aliphatic carbocycles. The summed E-state index contributed by atoms with van der Waals surface area (Å²) in [6.45, 7) is 3.16. The summed E-state index contributed by atoms with van der Waals surface area (Å²) >= 11 is 0. The molecule has 2 unspecified atom stereocenters. The van der Waals surface area contributed by atoms with E-state index in [9.17, 15) is 4.21 Å². The fourth-order valence-corrected chi connectivity index (χ4v) is 4.62. The third-order valence-electron chi connectivity index (χ3n) is 3.92. The Labute approximate surface area is 102 Å². The fourth-order valence-electron chi connectivity index (χ4n) is 2.83. The summed E-state index contributed by atoms with van der Waals surface area (Å²) in [5.41, 5.74) is 0. The molecule has 2 fully saturated rings. The maximum atomic E-state index is 12.1. The second-order valence-corrected chi connectivity index (χ2v) is 6.97. The van der Waals surface area contributed by atoms with Crippen LogP contribution in [0.5, 0.6) is 0 Å². The van der Waals surface area contributed by atoms with Gasteiger partial charge in [-0.2, -0.15) is 0 Å². The van der Waals surface area contributed by atoms with E-state index in [2.05, 4.69) is 12.2 Å². The Kier molecular flexibility index (Phi) is 4.83. The first-order valence-corrected chi connectivity index (χ1v) is 8.36. The molecule has 1 N–H and O–H groups in total. The van der Waals surface area contributed by atoms with Crippen LogP contribution >= 0.6 is 0 Å². The zero-order chi connectivity index (χ0) is 11.4. The average Bonchev–Trinajstić information content (AvgIpc) is 2.98. The van der Waals surface area contributed by atoms with Gasteiger partial charge in [-0.3, -0.25) is 4.21 Å². The van der Waals surface area contributed by atoms with E-state index in [1.54, 1.807) is 0 Å². The van der Waals surface area contributed by atoms with Crippen molar-refractivity contribution in [2.24, 2.45) is 11.8 Å². The molecule has 2 atom stereocenters. The molecule has 2 nitrogen and oxygen atoms in total. The summed E-state index contributed by atoms with van der Waals surface area (Å²) in [6.07, 6.45) is 8.06. The van der Waals surface area contributed by atoms with E-state index < -0.39 is 10.8 Å². The summed E-state index contributed by atoms with van der Waals surface area (Å²) < 4.78 is 12.1. The minimum atomic E-state index is -0.584. The first kappa shape index (κ1) is 12.6. The molecule has 0 aromatic carbocycles. The molecule has 0 aromatic rings. The third kappa shape index (κ3) is 3.85. The van der Waals surface area contributed by atoms with E-state index in [1.807, 2.05) is 0 Å². The maximum Gasteiger partial charge on any atom is 0.0391 e. The second kappa shape index (κ2) is 6.15. The van der Waals surface area contributed by atoms with Crippen LogP contribution in [0.15, 0.2) is 0 Å². The minimum Gasteiger partial charge on any atom is -0.313 e. The molecule has 0 aliphatic heterocycles. The van der Waals surface area contributed by atoms with Crippen molar-refractivity contribution in [3.8, 4) is 0 Å². The highest BCUT2D eigenvalue weighted by molar-refractivity contribution is 7.85. The number of hydrogen-bond donors (Lipinski definition) is 1. The molecule has 0 heterocycles. The van der Waals surface area contributed by atoms with Gasteiger partial charge in [-0.15, -0.1) is 0 Å². The van der Waals surface area contributed by atoms with E-state index in [0.717, 1.165) is 29.9 Å². The Morgan fingerprint density at radius 2 is 1.94 bits per heavy atom. The van der Waals surface area contributed by atoms with Crippen LogP contribution in [0.2, 0.25) is 0 Å². The normalized spacial score (nSPS) is 25.8. The maximum absolute atomic E-state index is 12.1. The van der Waals surface area contributed by atoms with E-state index in [1.165, 1.54) is 38.5 Å². The lowest BCUT2D eigenvalue weighted by atomic mass is 10.1. The van der Waals surface area contributed by atoms with Crippen LogP contribution in [0.25, 0.3) is 0 Å². The fraction of sp³-hybridized carbons (Fsp3) is 1.00. The smallest absolute Gasteiger partial charge is 0.0391 e. The Bertz CT molecular complexity index is 234. The molecule has 0 spiro atoms. The van der Waals surface area contributed by atoms with Gasteiger partial charge in [-0.05, 0) is 44.1 Å². The van der Waals surface area contributed by atoms with Crippen molar-refractivity contribution < 1.29 is 4.21 Å². The van der Waals surface area contributed by atoms with Gasteiger partial charge in [0.25, 0.3) is 0 Å². The van der Waals surface area contributed by atoms with Crippen molar-refractivity contribution in [2.75, 3.05) is 18.1 Å². The summed E-state index contributed by atoms with van der Waals surface area (Å²) in [6, 6.07) is 0.534. The van der Waals surface area contributed by atoms with Crippen molar-refractivity contribution in [3.63, 3.8) is 0 Å². The highest BCUT2D eigenvalue weighted by Crippen LogP contribution is 2.33. The molecule has 3 heteroatoms. The minimum absolute atomic E-state index is 0.534. The predicted octanol–water partition coefficient (Wildman–Crippen LogP) is 2.31. The van der Waals surface area contributed by atoms with E-state index >= 15 is 0 Å². The Balaban J connectivity index is 1.71. The van der Waals surface area contributed by atoms with Crippen molar-refractivity contribution in [2.45, 2.75) is 51.5 Å². The van der Waals surface area contributed by atoms with Crippen LogP contribution in [0, 0.1) is 11.8 Å². The summed E-state index contributed by atoms with van der Waals surface area (Å²) in [4.78, 5) is 0. The second-order valence-electron chi connectivity index (χ2n) is 5.43. The molecule has 0 aromatic heterocycles. The largest absolute Gasteiger partial charge is 0.313 e. The Hall–Kier alpha value is 0.110. The average molecular weight is 243 g/mol. The predicted molar refractivity (Wildman–Crippen MR) is 70.0 cm³/mol. The third-order valence-corrected chi connectivity index (χ3v) is 5.49. The first-order chi connectivity index (χ1) is 7.79. The molecule has 0 bridgehead atoms. The van der Waals surface area contributed by atoms with Gasteiger partial charge in [0.2, 0.25) is 0 Å². The van der Waals surface area contributed by atoms with E-state index in [0.29, 0.717) is 6.04 Å². The van der Waals surface area contributed by atoms with Crippen molar-refractivity contribution in [3.05, 3.63) is 0 Å². The van der Waals surface area contributed by atoms with E-state index in [4.69, 9.17) is 0 Å². The topological polar surface area (TPSA) is 29.1 Å².